The van der Waals surface area contributed by atoms with E-state index in [9.17, 15) is 9.59 Å². The molecule has 0 saturated heterocycles. The van der Waals surface area contributed by atoms with E-state index in [0.717, 1.165) is 5.69 Å². The van der Waals surface area contributed by atoms with Crippen LogP contribution in [0.1, 0.15) is 30.1 Å². The number of benzene rings is 1. The van der Waals surface area contributed by atoms with Gasteiger partial charge in [0, 0.05) is 16.8 Å². The Morgan fingerprint density at radius 3 is 2.77 bits per heavy atom. The Morgan fingerprint density at radius 1 is 1.36 bits per heavy atom. The zero-order valence-corrected chi connectivity index (χ0v) is 13.2. The number of amides is 1. The van der Waals surface area contributed by atoms with Crippen LogP contribution in [-0.2, 0) is 16.0 Å². The minimum absolute atomic E-state index is 0.216. The molecule has 116 valence electrons. The maximum absolute atomic E-state index is 12.0. The number of nitrogens with one attached hydrogen (secondary N) is 1. The molecule has 5 nitrogen and oxygen atoms in total. The first-order valence-electron chi connectivity index (χ1n) is 6.69. The fourth-order valence-electron chi connectivity index (χ4n) is 2.04. The lowest BCUT2D eigenvalue weighted by Gasteiger charge is -2.18. The normalized spacial score (nSPS) is 11.9. The van der Waals surface area contributed by atoms with Gasteiger partial charge in [0.1, 0.15) is 0 Å². The van der Waals surface area contributed by atoms with E-state index in [-0.39, 0.29) is 18.7 Å². The van der Waals surface area contributed by atoms with Crippen LogP contribution in [-0.4, -0.2) is 22.0 Å². The first-order chi connectivity index (χ1) is 10.6. The van der Waals surface area contributed by atoms with Gasteiger partial charge in [0.05, 0.1) is 23.7 Å². The number of aryl methyl sites for hydroxylation is 1. The van der Waals surface area contributed by atoms with Gasteiger partial charge >= 0.3 is 5.97 Å². The van der Waals surface area contributed by atoms with E-state index >= 15 is 0 Å². The average molecular weight is 339 g/mol. The summed E-state index contributed by atoms with van der Waals surface area (Å²) in [5.41, 5.74) is 3.17. The number of carbonyl (C=O) groups excluding carboxylic acids is 1. The highest BCUT2D eigenvalue weighted by Crippen LogP contribution is 2.25. The molecule has 7 heteroatoms. The van der Waals surface area contributed by atoms with Gasteiger partial charge in [-0.3, -0.25) is 9.59 Å². The van der Waals surface area contributed by atoms with Crippen LogP contribution >= 0.6 is 22.9 Å². The largest absolute Gasteiger partial charge is 0.481 e. The molecule has 0 radical (unpaired) electrons. The molecule has 0 aliphatic carbocycles. The molecule has 0 fully saturated rings. The molecule has 0 unspecified atom stereocenters. The van der Waals surface area contributed by atoms with Gasteiger partial charge < -0.3 is 10.4 Å². The molecule has 2 N–H and O–H groups in total. The van der Waals surface area contributed by atoms with Crippen molar-refractivity contribution < 1.29 is 14.7 Å². The molecule has 0 aliphatic rings. The summed E-state index contributed by atoms with van der Waals surface area (Å²) in [6.45, 7) is 0. The fourth-order valence-corrected chi connectivity index (χ4v) is 2.90. The minimum Gasteiger partial charge on any atom is -0.481 e. The van der Waals surface area contributed by atoms with Gasteiger partial charge in [-0.25, -0.2) is 4.98 Å². The lowest BCUT2D eigenvalue weighted by molar-refractivity contribution is -0.137. The molecule has 1 atom stereocenters. The van der Waals surface area contributed by atoms with Crippen LogP contribution < -0.4 is 5.32 Å². The number of halogens is 1. The van der Waals surface area contributed by atoms with Crippen molar-refractivity contribution >= 4 is 34.8 Å². The van der Waals surface area contributed by atoms with Gasteiger partial charge in [-0.05, 0) is 18.1 Å². The number of hydrogen-bond donors (Lipinski definition) is 2. The van der Waals surface area contributed by atoms with Crippen molar-refractivity contribution in [3.63, 3.8) is 0 Å². The standard InChI is InChI=1S/C15H15ClN2O3S/c16-12-4-2-1-3-11(12)13(7-15(20)21)18-14(19)6-5-10-8-22-9-17-10/h1-4,8-9,13H,5-7H2,(H,18,19)(H,20,21)/t13-/m0/s1. The predicted molar refractivity (Wildman–Crippen MR) is 85.0 cm³/mol. The summed E-state index contributed by atoms with van der Waals surface area (Å²) in [7, 11) is 0. The van der Waals surface area contributed by atoms with Crippen LogP contribution in [0.25, 0.3) is 0 Å². The van der Waals surface area contributed by atoms with E-state index in [0.29, 0.717) is 17.0 Å². The smallest absolute Gasteiger partial charge is 0.305 e. The first kappa shape index (κ1) is 16.5. The minimum atomic E-state index is -0.996. The van der Waals surface area contributed by atoms with Crippen molar-refractivity contribution in [1.29, 1.82) is 0 Å². The third-order valence-electron chi connectivity index (χ3n) is 3.09. The number of carboxylic acid groups (broad SMARTS) is 1. The molecule has 1 heterocycles. The molecule has 0 aliphatic heterocycles. The Bertz CT molecular complexity index is 646. The van der Waals surface area contributed by atoms with Crippen LogP contribution in [0.5, 0.6) is 0 Å². The topological polar surface area (TPSA) is 79.3 Å². The molecule has 2 aromatic rings. The molecule has 2 rings (SSSR count). The number of aliphatic carboxylic acids is 1. The second kappa shape index (κ2) is 7.91. The van der Waals surface area contributed by atoms with Crippen LogP contribution in [0.15, 0.2) is 35.2 Å². The quantitative estimate of drug-likeness (QED) is 0.813. The first-order valence-corrected chi connectivity index (χ1v) is 8.01. The number of thiazole rings is 1. The van der Waals surface area contributed by atoms with Crippen molar-refractivity contribution in [3.05, 3.63) is 51.4 Å². The molecular formula is C15H15ClN2O3S. The lowest BCUT2D eigenvalue weighted by atomic mass is 10.0. The number of nitrogens with zero attached hydrogens (tertiary/aromatic N) is 1. The van der Waals surface area contributed by atoms with E-state index in [2.05, 4.69) is 10.3 Å². The monoisotopic (exact) mass is 338 g/mol. The second-order valence-corrected chi connectivity index (χ2v) is 5.85. The summed E-state index contributed by atoms with van der Waals surface area (Å²) in [5, 5.41) is 14.1. The number of rotatable bonds is 7. The van der Waals surface area contributed by atoms with Crippen molar-refractivity contribution in [1.82, 2.24) is 10.3 Å². The van der Waals surface area contributed by atoms with E-state index in [4.69, 9.17) is 16.7 Å². The lowest BCUT2D eigenvalue weighted by Crippen LogP contribution is -2.30. The number of carboxylic acids is 1. The highest BCUT2D eigenvalue weighted by Gasteiger charge is 2.20. The second-order valence-electron chi connectivity index (χ2n) is 4.72. The van der Waals surface area contributed by atoms with Crippen molar-refractivity contribution in [2.75, 3.05) is 0 Å². The predicted octanol–water partition coefficient (Wildman–Crippen LogP) is 3.06. The number of hydrogen-bond acceptors (Lipinski definition) is 4. The summed E-state index contributed by atoms with van der Waals surface area (Å²) >= 11 is 7.57. The highest BCUT2D eigenvalue weighted by molar-refractivity contribution is 7.07. The molecule has 1 aromatic carbocycles. The van der Waals surface area contributed by atoms with Gasteiger partial charge in [-0.2, -0.15) is 0 Å². The van der Waals surface area contributed by atoms with Gasteiger partial charge in [0.15, 0.2) is 0 Å². The zero-order chi connectivity index (χ0) is 15.9. The third-order valence-corrected chi connectivity index (χ3v) is 4.07. The van der Waals surface area contributed by atoms with Gasteiger partial charge in [-0.15, -0.1) is 11.3 Å². The van der Waals surface area contributed by atoms with Crippen LogP contribution in [0.2, 0.25) is 5.02 Å². The van der Waals surface area contributed by atoms with Gasteiger partial charge in [-0.1, -0.05) is 29.8 Å². The summed E-state index contributed by atoms with van der Waals surface area (Å²) in [6, 6.07) is 6.27. The molecule has 0 spiro atoms. The van der Waals surface area contributed by atoms with Crippen molar-refractivity contribution in [3.8, 4) is 0 Å². The average Bonchev–Trinajstić information content (AvgIpc) is 2.98. The zero-order valence-electron chi connectivity index (χ0n) is 11.7. The highest BCUT2D eigenvalue weighted by atomic mass is 35.5. The molecule has 1 amide bonds. The summed E-state index contributed by atoms with van der Waals surface area (Å²) in [5.74, 6) is -1.22. The van der Waals surface area contributed by atoms with E-state index in [1.807, 2.05) is 5.38 Å². The fraction of sp³-hybridized carbons (Fsp3) is 0.267. The summed E-state index contributed by atoms with van der Waals surface area (Å²) in [4.78, 5) is 27.2. The maximum atomic E-state index is 12.0. The van der Waals surface area contributed by atoms with Crippen LogP contribution in [0, 0.1) is 0 Å². The van der Waals surface area contributed by atoms with E-state index in [1.54, 1.807) is 29.8 Å². The van der Waals surface area contributed by atoms with Crippen LogP contribution in [0.3, 0.4) is 0 Å². The Morgan fingerprint density at radius 2 is 2.14 bits per heavy atom. The van der Waals surface area contributed by atoms with Crippen molar-refractivity contribution in [2.45, 2.75) is 25.3 Å². The number of aromatic nitrogens is 1. The van der Waals surface area contributed by atoms with Gasteiger partial charge in [0.25, 0.3) is 0 Å². The maximum Gasteiger partial charge on any atom is 0.305 e. The van der Waals surface area contributed by atoms with E-state index < -0.39 is 12.0 Å². The van der Waals surface area contributed by atoms with E-state index in [1.165, 1.54) is 11.3 Å². The summed E-state index contributed by atoms with van der Waals surface area (Å²) in [6.07, 6.45) is 0.564. The molecule has 22 heavy (non-hydrogen) atoms. The molecule has 0 bridgehead atoms. The molecular weight excluding hydrogens is 324 g/mol. The Hall–Kier alpha value is -1.92. The SMILES string of the molecule is O=C(O)C[C@H](NC(=O)CCc1cscn1)c1ccccc1Cl. The number of carbonyl (C=O) groups is 2. The Labute approximate surface area is 137 Å². The van der Waals surface area contributed by atoms with Crippen molar-refractivity contribution in [2.24, 2.45) is 0 Å². The molecule has 0 saturated carbocycles. The third kappa shape index (κ3) is 4.82. The Balaban J connectivity index is 2.01. The Kier molecular flexibility index (Phi) is 5.91. The van der Waals surface area contributed by atoms with Crippen LogP contribution in [0.4, 0.5) is 0 Å². The van der Waals surface area contributed by atoms with Gasteiger partial charge in [0.2, 0.25) is 5.91 Å². The summed E-state index contributed by atoms with van der Waals surface area (Å²) < 4.78 is 0. The molecule has 1 aromatic heterocycles.